The first-order valence-electron chi connectivity index (χ1n) is 6.28. The third kappa shape index (κ3) is 5.29. The van der Waals surface area contributed by atoms with Crippen LogP contribution in [-0.2, 0) is 11.4 Å². The number of hydrogen-bond donors (Lipinski definition) is 0. The minimum Gasteiger partial charge on any atom is -0.391 e. The highest BCUT2D eigenvalue weighted by Gasteiger charge is 2.07. The Morgan fingerprint density at radius 3 is 2.55 bits per heavy atom. The lowest BCUT2D eigenvalue weighted by atomic mass is 10.2. The summed E-state index contributed by atoms with van der Waals surface area (Å²) < 4.78 is 0. The van der Waals surface area contributed by atoms with E-state index in [0.29, 0.717) is 22.2 Å². The van der Waals surface area contributed by atoms with E-state index >= 15 is 0 Å². The monoisotopic (exact) mass is 336 g/mol. The number of hydrogen-bond acceptors (Lipinski definition) is 5. The summed E-state index contributed by atoms with van der Waals surface area (Å²) in [4.78, 5) is 6.85. The maximum absolute atomic E-state index is 8.89. The summed E-state index contributed by atoms with van der Waals surface area (Å²) >= 11 is 11.8. The SMILES string of the molecule is CN(C)C(C/C=N\OCc1ccc(Cl)cc1Cl)=C(C#N)C#N. The Bertz CT molecular complexity index is 653. The molecule has 0 saturated heterocycles. The number of nitrogens with zero attached hydrogens (tertiary/aromatic N) is 4. The average molecular weight is 337 g/mol. The third-order valence-electron chi connectivity index (χ3n) is 2.72. The van der Waals surface area contributed by atoms with Gasteiger partial charge in [0, 0.05) is 48.0 Å². The van der Waals surface area contributed by atoms with Crippen molar-refractivity contribution in [1.82, 2.24) is 4.90 Å². The summed E-state index contributed by atoms with van der Waals surface area (Å²) in [6.07, 6.45) is 1.81. The number of halogens is 2. The second kappa shape index (κ2) is 8.94. The van der Waals surface area contributed by atoms with Crippen molar-refractivity contribution in [3.8, 4) is 12.1 Å². The maximum Gasteiger partial charge on any atom is 0.149 e. The lowest BCUT2D eigenvalue weighted by Crippen LogP contribution is -2.13. The molecule has 7 heteroatoms. The third-order valence-corrected chi connectivity index (χ3v) is 3.31. The average Bonchev–Trinajstić information content (AvgIpc) is 2.47. The predicted octanol–water partition coefficient (Wildman–Crippen LogP) is 3.75. The van der Waals surface area contributed by atoms with Gasteiger partial charge >= 0.3 is 0 Å². The van der Waals surface area contributed by atoms with E-state index in [1.807, 2.05) is 12.1 Å². The van der Waals surface area contributed by atoms with Crippen molar-refractivity contribution in [2.45, 2.75) is 13.0 Å². The highest BCUT2D eigenvalue weighted by molar-refractivity contribution is 6.35. The van der Waals surface area contributed by atoms with Gasteiger partial charge in [0.1, 0.15) is 24.3 Å². The molecule has 0 bridgehead atoms. The highest BCUT2D eigenvalue weighted by atomic mass is 35.5. The van der Waals surface area contributed by atoms with E-state index in [0.717, 1.165) is 5.56 Å². The smallest absolute Gasteiger partial charge is 0.149 e. The Kier molecular flexibility index (Phi) is 7.25. The van der Waals surface area contributed by atoms with Crippen LogP contribution < -0.4 is 0 Å². The first kappa shape index (κ1) is 17.8. The Hall–Kier alpha value is -2.21. The fourth-order valence-electron chi connectivity index (χ4n) is 1.58. The van der Waals surface area contributed by atoms with Gasteiger partial charge in [-0.05, 0) is 12.1 Å². The van der Waals surface area contributed by atoms with Gasteiger partial charge in [-0.15, -0.1) is 0 Å². The van der Waals surface area contributed by atoms with Gasteiger partial charge in [-0.25, -0.2) is 0 Å². The minimum absolute atomic E-state index is 0.0530. The summed E-state index contributed by atoms with van der Waals surface area (Å²) in [5.74, 6) is 0. The van der Waals surface area contributed by atoms with E-state index in [9.17, 15) is 0 Å². The lowest BCUT2D eigenvalue weighted by Gasteiger charge is -2.14. The number of nitriles is 2. The molecular weight excluding hydrogens is 323 g/mol. The van der Waals surface area contributed by atoms with Gasteiger partial charge in [0.15, 0.2) is 0 Å². The zero-order chi connectivity index (χ0) is 16.5. The molecule has 1 rings (SSSR count). The standard InChI is InChI=1S/C15H14Cl2N4O/c1-21(2)15(12(8-18)9-19)5-6-20-22-10-11-3-4-13(16)7-14(11)17/h3-4,6-7H,5,10H2,1-2H3/b20-6-. The first-order valence-corrected chi connectivity index (χ1v) is 7.03. The van der Waals surface area contributed by atoms with Crippen molar-refractivity contribution >= 4 is 29.4 Å². The first-order chi connectivity index (χ1) is 10.5. The summed E-state index contributed by atoms with van der Waals surface area (Å²) in [5, 5.41) is 22.7. The maximum atomic E-state index is 8.89. The van der Waals surface area contributed by atoms with Gasteiger partial charge in [0.25, 0.3) is 0 Å². The van der Waals surface area contributed by atoms with Crippen LogP contribution in [0.3, 0.4) is 0 Å². The Balaban J connectivity index is 2.62. The molecule has 0 amide bonds. The van der Waals surface area contributed by atoms with Crippen LogP contribution in [-0.4, -0.2) is 25.2 Å². The topological polar surface area (TPSA) is 72.4 Å². The molecule has 0 heterocycles. The zero-order valence-electron chi connectivity index (χ0n) is 12.2. The van der Waals surface area contributed by atoms with Crippen LogP contribution in [0, 0.1) is 22.7 Å². The van der Waals surface area contributed by atoms with Crippen molar-refractivity contribution in [1.29, 1.82) is 10.5 Å². The number of benzene rings is 1. The van der Waals surface area contributed by atoms with Gasteiger partial charge in [-0.2, -0.15) is 10.5 Å². The summed E-state index contributed by atoms with van der Waals surface area (Å²) in [7, 11) is 3.51. The quantitative estimate of drug-likeness (QED) is 0.450. The Morgan fingerprint density at radius 2 is 2.00 bits per heavy atom. The Morgan fingerprint density at radius 1 is 1.32 bits per heavy atom. The molecule has 0 atom stereocenters. The number of oxime groups is 1. The summed E-state index contributed by atoms with van der Waals surface area (Å²) in [5.41, 5.74) is 1.39. The van der Waals surface area contributed by atoms with E-state index < -0.39 is 0 Å². The molecule has 0 N–H and O–H groups in total. The molecule has 0 aliphatic rings. The molecule has 0 spiro atoms. The van der Waals surface area contributed by atoms with Crippen LogP contribution in [0.15, 0.2) is 34.6 Å². The molecule has 1 aromatic carbocycles. The largest absolute Gasteiger partial charge is 0.391 e. The van der Waals surface area contributed by atoms with Crippen LogP contribution in [0.5, 0.6) is 0 Å². The molecule has 0 saturated carbocycles. The fraction of sp³-hybridized carbons (Fsp3) is 0.267. The molecule has 1 aromatic rings. The van der Waals surface area contributed by atoms with Crippen molar-refractivity contribution in [2.24, 2.45) is 5.16 Å². The second-order valence-corrected chi connectivity index (χ2v) is 5.28. The van der Waals surface area contributed by atoms with Gasteiger partial charge < -0.3 is 9.74 Å². The normalized spacial score (nSPS) is 9.91. The fourth-order valence-corrected chi connectivity index (χ4v) is 2.05. The molecule has 0 unspecified atom stereocenters. The van der Waals surface area contributed by atoms with E-state index in [1.165, 1.54) is 6.21 Å². The molecule has 0 radical (unpaired) electrons. The van der Waals surface area contributed by atoms with Crippen molar-refractivity contribution in [2.75, 3.05) is 14.1 Å². The molecule has 22 heavy (non-hydrogen) atoms. The summed E-state index contributed by atoms with van der Waals surface area (Å²) in [6, 6.07) is 8.82. The van der Waals surface area contributed by atoms with Gasteiger partial charge in [0.05, 0.1) is 0 Å². The van der Waals surface area contributed by atoms with Crippen molar-refractivity contribution in [3.05, 3.63) is 45.1 Å². The minimum atomic E-state index is 0.0530. The van der Waals surface area contributed by atoms with Gasteiger partial charge in [-0.3, -0.25) is 0 Å². The molecule has 0 aromatic heterocycles. The second-order valence-electron chi connectivity index (χ2n) is 4.44. The van der Waals surface area contributed by atoms with Crippen LogP contribution >= 0.6 is 23.2 Å². The van der Waals surface area contributed by atoms with E-state index in [4.69, 9.17) is 38.6 Å². The van der Waals surface area contributed by atoms with Crippen LogP contribution in [0.2, 0.25) is 10.0 Å². The van der Waals surface area contributed by atoms with E-state index in [2.05, 4.69) is 5.16 Å². The number of rotatable bonds is 6. The molecular formula is C15H14Cl2N4O. The highest BCUT2D eigenvalue weighted by Crippen LogP contribution is 2.21. The van der Waals surface area contributed by atoms with Crippen LogP contribution in [0.25, 0.3) is 0 Å². The van der Waals surface area contributed by atoms with Crippen LogP contribution in [0.4, 0.5) is 0 Å². The molecule has 5 nitrogen and oxygen atoms in total. The molecule has 0 aliphatic heterocycles. The molecule has 0 aliphatic carbocycles. The lowest BCUT2D eigenvalue weighted by molar-refractivity contribution is 0.131. The van der Waals surface area contributed by atoms with Crippen molar-refractivity contribution < 1.29 is 4.84 Å². The zero-order valence-corrected chi connectivity index (χ0v) is 13.7. The molecule has 0 fully saturated rings. The summed E-state index contributed by atoms with van der Waals surface area (Å²) in [6.45, 7) is 0.205. The van der Waals surface area contributed by atoms with E-state index in [1.54, 1.807) is 37.2 Å². The van der Waals surface area contributed by atoms with Crippen molar-refractivity contribution in [3.63, 3.8) is 0 Å². The van der Waals surface area contributed by atoms with Gasteiger partial charge in [-0.1, -0.05) is 34.4 Å². The van der Waals surface area contributed by atoms with Gasteiger partial charge in [0.2, 0.25) is 0 Å². The van der Waals surface area contributed by atoms with E-state index in [-0.39, 0.29) is 12.2 Å². The molecule has 114 valence electrons. The predicted molar refractivity (Wildman–Crippen MR) is 86.3 cm³/mol. The number of allylic oxidation sites excluding steroid dienone is 2. The Labute approximate surface area is 139 Å². The van der Waals surface area contributed by atoms with Crippen LogP contribution in [0.1, 0.15) is 12.0 Å².